The van der Waals surface area contributed by atoms with Crippen LogP contribution in [0.3, 0.4) is 0 Å². The summed E-state index contributed by atoms with van der Waals surface area (Å²) in [5.74, 6) is 0. The first kappa shape index (κ1) is 13.9. The summed E-state index contributed by atoms with van der Waals surface area (Å²) >= 11 is 0. The van der Waals surface area contributed by atoms with E-state index in [1.54, 1.807) is 0 Å². The summed E-state index contributed by atoms with van der Waals surface area (Å²) in [6.45, 7) is 7.81. The minimum atomic E-state index is -0.231. The van der Waals surface area contributed by atoms with Gasteiger partial charge in [0.1, 0.15) is 0 Å². The number of rotatable bonds is 7. The Balaban J connectivity index is 2.50. The second kappa shape index (κ2) is 7.98. The van der Waals surface area contributed by atoms with Gasteiger partial charge >= 0.3 is 0 Å². The van der Waals surface area contributed by atoms with Crippen molar-refractivity contribution in [2.24, 2.45) is 4.99 Å². The molecule has 17 heavy (non-hydrogen) atoms. The van der Waals surface area contributed by atoms with Crippen LogP contribution in [0, 0.1) is 6.92 Å². The smallest absolute Gasteiger partial charge is 0.176 e. The van der Waals surface area contributed by atoms with Crippen LogP contribution in [0.25, 0.3) is 0 Å². The first-order valence-electron chi connectivity index (χ1n) is 6.06. The molecule has 0 aliphatic rings. The van der Waals surface area contributed by atoms with Crippen molar-refractivity contribution in [1.29, 1.82) is 0 Å². The van der Waals surface area contributed by atoms with Crippen LogP contribution in [0.5, 0.6) is 0 Å². The summed E-state index contributed by atoms with van der Waals surface area (Å²) in [7, 11) is 0. The van der Waals surface area contributed by atoms with Crippen molar-refractivity contribution < 1.29 is 9.47 Å². The van der Waals surface area contributed by atoms with E-state index in [0.29, 0.717) is 19.8 Å². The molecule has 0 unspecified atom stereocenters. The van der Waals surface area contributed by atoms with Gasteiger partial charge in [-0.15, -0.1) is 0 Å². The number of ether oxygens (including phenoxy) is 2. The molecule has 94 valence electrons. The van der Waals surface area contributed by atoms with Crippen molar-refractivity contribution >= 4 is 6.21 Å². The predicted molar refractivity (Wildman–Crippen MR) is 70.7 cm³/mol. The SMILES string of the molecule is CCOC(C/N=C\c1ccccc1C)OCC. The van der Waals surface area contributed by atoms with Crippen molar-refractivity contribution in [3.63, 3.8) is 0 Å². The van der Waals surface area contributed by atoms with E-state index in [9.17, 15) is 0 Å². The number of benzene rings is 1. The molecule has 1 aromatic carbocycles. The first-order chi connectivity index (χ1) is 8.27. The van der Waals surface area contributed by atoms with E-state index in [-0.39, 0.29) is 6.29 Å². The molecule has 3 heteroatoms. The second-order valence-corrected chi connectivity index (χ2v) is 3.69. The quantitative estimate of drug-likeness (QED) is 0.537. The molecule has 0 spiro atoms. The van der Waals surface area contributed by atoms with E-state index in [0.717, 1.165) is 5.56 Å². The number of aliphatic imine (C=N–C) groups is 1. The van der Waals surface area contributed by atoms with Gasteiger partial charge in [-0.3, -0.25) is 4.99 Å². The van der Waals surface area contributed by atoms with Gasteiger partial charge in [0, 0.05) is 19.4 Å². The molecule has 0 fully saturated rings. The molecular weight excluding hydrogens is 214 g/mol. The number of hydrogen-bond acceptors (Lipinski definition) is 3. The molecule has 0 saturated heterocycles. The summed E-state index contributed by atoms with van der Waals surface area (Å²) in [6, 6.07) is 8.16. The summed E-state index contributed by atoms with van der Waals surface area (Å²) in [6.07, 6.45) is 1.64. The van der Waals surface area contributed by atoms with E-state index < -0.39 is 0 Å². The van der Waals surface area contributed by atoms with Crippen molar-refractivity contribution in [2.45, 2.75) is 27.1 Å². The highest BCUT2D eigenvalue weighted by atomic mass is 16.7. The van der Waals surface area contributed by atoms with Crippen molar-refractivity contribution in [2.75, 3.05) is 19.8 Å². The lowest BCUT2D eigenvalue weighted by atomic mass is 10.1. The Bertz CT molecular complexity index is 344. The molecular formula is C14H21NO2. The summed E-state index contributed by atoms with van der Waals surface area (Å²) in [5, 5.41) is 0. The van der Waals surface area contributed by atoms with Crippen molar-refractivity contribution in [1.82, 2.24) is 0 Å². The molecule has 0 aliphatic carbocycles. The fraction of sp³-hybridized carbons (Fsp3) is 0.500. The molecule has 1 aromatic rings. The minimum Gasteiger partial charge on any atom is -0.351 e. The number of aryl methyl sites for hydroxylation is 1. The van der Waals surface area contributed by atoms with Gasteiger partial charge in [-0.25, -0.2) is 0 Å². The van der Waals surface area contributed by atoms with Crippen LogP contribution < -0.4 is 0 Å². The molecule has 0 radical (unpaired) electrons. The maximum atomic E-state index is 5.41. The highest BCUT2D eigenvalue weighted by molar-refractivity contribution is 5.81. The van der Waals surface area contributed by atoms with Gasteiger partial charge in [0.15, 0.2) is 6.29 Å². The summed E-state index contributed by atoms with van der Waals surface area (Å²) in [4.78, 5) is 4.36. The van der Waals surface area contributed by atoms with Crippen LogP contribution >= 0.6 is 0 Å². The Morgan fingerprint density at radius 1 is 1.18 bits per heavy atom. The lowest BCUT2D eigenvalue weighted by Crippen LogP contribution is -2.20. The van der Waals surface area contributed by atoms with E-state index in [2.05, 4.69) is 24.0 Å². The topological polar surface area (TPSA) is 30.8 Å². The highest BCUT2D eigenvalue weighted by Crippen LogP contribution is 2.04. The van der Waals surface area contributed by atoms with Crippen LogP contribution in [-0.4, -0.2) is 32.3 Å². The Morgan fingerprint density at radius 2 is 1.82 bits per heavy atom. The van der Waals surface area contributed by atoms with Crippen LogP contribution in [0.15, 0.2) is 29.3 Å². The first-order valence-corrected chi connectivity index (χ1v) is 6.06. The third-order valence-corrected chi connectivity index (χ3v) is 2.38. The van der Waals surface area contributed by atoms with Crippen LogP contribution in [-0.2, 0) is 9.47 Å². The fourth-order valence-electron chi connectivity index (χ4n) is 1.49. The maximum Gasteiger partial charge on any atom is 0.176 e. The lowest BCUT2D eigenvalue weighted by molar-refractivity contribution is -0.128. The van der Waals surface area contributed by atoms with Crippen molar-refractivity contribution in [3.8, 4) is 0 Å². The molecule has 0 saturated carbocycles. The Morgan fingerprint density at radius 3 is 2.41 bits per heavy atom. The third kappa shape index (κ3) is 5.11. The van der Waals surface area contributed by atoms with E-state index in [4.69, 9.17) is 9.47 Å². The van der Waals surface area contributed by atoms with Gasteiger partial charge in [-0.1, -0.05) is 24.3 Å². The predicted octanol–water partition coefficient (Wildman–Crippen LogP) is 2.81. The molecule has 0 heterocycles. The van der Waals surface area contributed by atoms with Gasteiger partial charge < -0.3 is 9.47 Å². The molecule has 0 bridgehead atoms. The number of nitrogens with zero attached hydrogens (tertiary/aromatic N) is 1. The molecule has 3 nitrogen and oxygen atoms in total. The Hall–Kier alpha value is -1.19. The zero-order valence-corrected chi connectivity index (χ0v) is 10.8. The fourth-order valence-corrected chi connectivity index (χ4v) is 1.49. The molecule has 0 atom stereocenters. The minimum absolute atomic E-state index is 0.231. The third-order valence-electron chi connectivity index (χ3n) is 2.38. The van der Waals surface area contributed by atoms with E-state index in [1.807, 2.05) is 32.2 Å². The molecule has 0 N–H and O–H groups in total. The lowest BCUT2D eigenvalue weighted by Gasteiger charge is -2.14. The monoisotopic (exact) mass is 235 g/mol. The van der Waals surface area contributed by atoms with Crippen LogP contribution in [0.1, 0.15) is 25.0 Å². The Labute approximate surface area is 103 Å². The summed E-state index contributed by atoms with van der Waals surface area (Å²) in [5.41, 5.74) is 2.36. The summed E-state index contributed by atoms with van der Waals surface area (Å²) < 4.78 is 10.8. The largest absolute Gasteiger partial charge is 0.351 e. The van der Waals surface area contributed by atoms with Crippen LogP contribution in [0.4, 0.5) is 0 Å². The maximum absolute atomic E-state index is 5.41. The van der Waals surface area contributed by atoms with Gasteiger partial charge in [0.05, 0.1) is 6.54 Å². The molecule has 0 amide bonds. The standard InChI is InChI=1S/C14H21NO2/c1-4-16-14(17-5-2)11-15-10-13-9-7-6-8-12(13)3/h6-10,14H,4-5,11H2,1-3H3/b15-10-. The zero-order valence-electron chi connectivity index (χ0n) is 10.8. The average Bonchev–Trinajstić information content (AvgIpc) is 2.32. The Kier molecular flexibility index (Phi) is 6.51. The normalized spacial score (nSPS) is 11.5. The van der Waals surface area contributed by atoms with Crippen molar-refractivity contribution in [3.05, 3.63) is 35.4 Å². The van der Waals surface area contributed by atoms with E-state index in [1.165, 1.54) is 5.56 Å². The van der Waals surface area contributed by atoms with Gasteiger partial charge in [-0.05, 0) is 31.9 Å². The molecule has 0 aromatic heterocycles. The average molecular weight is 235 g/mol. The zero-order chi connectivity index (χ0) is 12.5. The molecule has 0 aliphatic heterocycles. The van der Waals surface area contributed by atoms with Gasteiger partial charge in [-0.2, -0.15) is 0 Å². The van der Waals surface area contributed by atoms with Gasteiger partial charge in [0.2, 0.25) is 0 Å². The molecule has 1 rings (SSSR count). The van der Waals surface area contributed by atoms with Crippen LogP contribution in [0.2, 0.25) is 0 Å². The highest BCUT2D eigenvalue weighted by Gasteiger charge is 2.05. The number of hydrogen-bond donors (Lipinski definition) is 0. The second-order valence-electron chi connectivity index (χ2n) is 3.69. The van der Waals surface area contributed by atoms with E-state index >= 15 is 0 Å². The van der Waals surface area contributed by atoms with Gasteiger partial charge in [0.25, 0.3) is 0 Å².